The van der Waals surface area contributed by atoms with Crippen molar-refractivity contribution in [3.05, 3.63) is 54.7 Å². The van der Waals surface area contributed by atoms with Gasteiger partial charge in [-0.05, 0) is 24.3 Å². The Morgan fingerprint density at radius 1 is 1.04 bits per heavy atom. The molecule has 1 aliphatic heterocycles. The van der Waals surface area contributed by atoms with E-state index in [9.17, 15) is 0 Å². The van der Waals surface area contributed by atoms with Gasteiger partial charge in [0.05, 0.1) is 37.9 Å². The minimum Gasteiger partial charge on any atom is -0.497 e. The number of morpholine rings is 1. The zero-order chi connectivity index (χ0) is 19.2. The van der Waals surface area contributed by atoms with Crippen molar-refractivity contribution in [2.24, 2.45) is 0 Å². The Bertz CT molecular complexity index is 930. The average molecular weight is 378 g/mol. The van der Waals surface area contributed by atoms with Crippen LogP contribution in [0.3, 0.4) is 0 Å². The maximum atomic E-state index is 5.46. The Balaban J connectivity index is 1.52. The lowest BCUT2D eigenvalue weighted by Gasteiger charge is -2.30. The first-order valence-electron chi connectivity index (χ1n) is 9.11. The minimum absolute atomic E-state index is 0.405. The fourth-order valence-electron chi connectivity index (χ4n) is 3.04. The maximum Gasteiger partial charge on any atom is 0.249 e. The first-order chi connectivity index (χ1) is 13.8. The van der Waals surface area contributed by atoms with Gasteiger partial charge in [-0.2, -0.15) is 10.1 Å². The van der Waals surface area contributed by atoms with Gasteiger partial charge in [0.25, 0.3) is 0 Å². The van der Waals surface area contributed by atoms with Gasteiger partial charge in [0, 0.05) is 24.8 Å². The van der Waals surface area contributed by atoms with Gasteiger partial charge >= 0.3 is 0 Å². The fraction of sp³-hybridized carbons (Fsp3) is 0.250. The molecule has 0 saturated carbocycles. The predicted octanol–water partition coefficient (Wildman–Crippen LogP) is 3.20. The monoisotopic (exact) mass is 378 g/mol. The van der Waals surface area contributed by atoms with Crippen LogP contribution < -0.4 is 20.3 Å². The van der Waals surface area contributed by atoms with Gasteiger partial charge in [-0.1, -0.05) is 18.2 Å². The van der Waals surface area contributed by atoms with Crippen LogP contribution in [-0.2, 0) is 4.74 Å². The zero-order valence-corrected chi connectivity index (χ0v) is 15.6. The second-order valence-electron chi connectivity index (χ2n) is 6.26. The molecule has 1 aliphatic rings. The normalized spacial score (nSPS) is 13.8. The number of nitrogens with zero attached hydrogens (tertiary/aromatic N) is 4. The van der Waals surface area contributed by atoms with Gasteiger partial charge in [-0.3, -0.25) is 0 Å². The van der Waals surface area contributed by atoms with Crippen LogP contribution in [0.5, 0.6) is 5.75 Å². The summed E-state index contributed by atoms with van der Waals surface area (Å²) >= 11 is 0. The van der Waals surface area contributed by atoms with E-state index < -0.39 is 0 Å². The third-order valence-corrected chi connectivity index (χ3v) is 4.40. The summed E-state index contributed by atoms with van der Waals surface area (Å²) in [5.41, 5.74) is 2.91. The molecule has 3 aromatic rings. The number of nitrogens with one attached hydrogen (secondary N) is 2. The van der Waals surface area contributed by atoms with E-state index in [-0.39, 0.29) is 0 Å². The second kappa shape index (κ2) is 8.53. The second-order valence-corrected chi connectivity index (χ2v) is 6.26. The summed E-state index contributed by atoms with van der Waals surface area (Å²) in [5.74, 6) is 1.77. The van der Waals surface area contributed by atoms with Crippen LogP contribution in [0.2, 0.25) is 0 Å². The van der Waals surface area contributed by atoms with E-state index in [1.807, 2.05) is 42.5 Å². The van der Waals surface area contributed by atoms with Crippen molar-refractivity contribution >= 4 is 28.8 Å². The van der Waals surface area contributed by atoms with Gasteiger partial charge in [0.2, 0.25) is 5.95 Å². The molecule has 0 radical (unpaired) electrons. The zero-order valence-electron chi connectivity index (χ0n) is 15.6. The average Bonchev–Trinajstić information content (AvgIpc) is 2.75. The van der Waals surface area contributed by atoms with Crippen molar-refractivity contribution in [3.63, 3.8) is 0 Å². The van der Waals surface area contributed by atoms with E-state index >= 15 is 0 Å². The lowest BCUT2D eigenvalue weighted by Crippen LogP contribution is -2.36. The Morgan fingerprint density at radius 2 is 1.89 bits per heavy atom. The molecule has 0 amide bonds. The predicted molar refractivity (Wildman–Crippen MR) is 109 cm³/mol. The van der Waals surface area contributed by atoms with E-state index in [4.69, 9.17) is 9.47 Å². The van der Waals surface area contributed by atoms with Gasteiger partial charge < -0.3 is 25.0 Å². The number of benzene rings is 2. The highest BCUT2D eigenvalue weighted by atomic mass is 16.5. The molecule has 8 heteroatoms. The minimum atomic E-state index is 0.405. The topological polar surface area (TPSA) is 84.4 Å². The first kappa shape index (κ1) is 18.0. The van der Waals surface area contributed by atoms with Crippen LogP contribution in [0.15, 0.2) is 54.7 Å². The molecule has 28 heavy (non-hydrogen) atoms. The molecule has 1 saturated heterocycles. The lowest BCUT2D eigenvalue weighted by atomic mass is 10.2. The van der Waals surface area contributed by atoms with Crippen molar-refractivity contribution in [2.45, 2.75) is 0 Å². The third kappa shape index (κ3) is 4.29. The molecule has 2 aromatic carbocycles. The van der Waals surface area contributed by atoms with Crippen molar-refractivity contribution in [3.8, 4) is 5.75 Å². The summed E-state index contributed by atoms with van der Waals surface area (Å²) in [6, 6.07) is 15.7. The molecule has 0 atom stereocenters. The summed E-state index contributed by atoms with van der Waals surface area (Å²) in [4.78, 5) is 6.83. The van der Waals surface area contributed by atoms with Crippen LogP contribution in [0.4, 0.5) is 28.8 Å². The van der Waals surface area contributed by atoms with Crippen LogP contribution in [0.1, 0.15) is 0 Å². The molecule has 2 N–H and O–H groups in total. The number of rotatable bonds is 6. The molecule has 1 aromatic heterocycles. The van der Waals surface area contributed by atoms with Crippen LogP contribution in [0, 0.1) is 0 Å². The molecule has 144 valence electrons. The van der Waals surface area contributed by atoms with Crippen LogP contribution >= 0.6 is 0 Å². The van der Waals surface area contributed by atoms with Crippen molar-refractivity contribution in [1.82, 2.24) is 15.2 Å². The molecule has 2 heterocycles. The third-order valence-electron chi connectivity index (χ3n) is 4.40. The number of hydrogen-bond acceptors (Lipinski definition) is 8. The summed E-state index contributed by atoms with van der Waals surface area (Å²) in [6.45, 7) is 3.20. The molecule has 8 nitrogen and oxygen atoms in total. The smallest absolute Gasteiger partial charge is 0.249 e. The molecular formula is C20H22N6O2. The quantitative estimate of drug-likeness (QED) is 0.676. The first-order valence-corrected chi connectivity index (χ1v) is 9.11. The van der Waals surface area contributed by atoms with Crippen molar-refractivity contribution < 1.29 is 9.47 Å². The number of methoxy groups -OCH3 is 1. The highest BCUT2D eigenvalue weighted by molar-refractivity contribution is 5.74. The summed E-state index contributed by atoms with van der Waals surface area (Å²) in [5, 5.41) is 14.6. The van der Waals surface area contributed by atoms with E-state index in [2.05, 4.69) is 36.8 Å². The Kier molecular flexibility index (Phi) is 5.48. The van der Waals surface area contributed by atoms with E-state index in [0.29, 0.717) is 11.8 Å². The lowest BCUT2D eigenvalue weighted by molar-refractivity contribution is 0.123. The molecule has 0 aliphatic carbocycles. The molecular weight excluding hydrogens is 356 g/mol. The number of ether oxygens (including phenoxy) is 2. The van der Waals surface area contributed by atoms with E-state index in [1.54, 1.807) is 13.3 Å². The summed E-state index contributed by atoms with van der Waals surface area (Å²) in [7, 11) is 1.63. The van der Waals surface area contributed by atoms with Crippen molar-refractivity contribution in [1.29, 1.82) is 0 Å². The molecule has 4 rings (SSSR count). The van der Waals surface area contributed by atoms with Gasteiger partial charge in [-0.15, -0.1) is 5.10 Å². The maximum absolute atomic E-state index is 5.46. The Labute approximate surface area is 163 Å². The fourth-order valence-corrected chi connectivity index (χ4v) is 3.04. The largest absolute Gasteiger partial charge is 0.497 e. The summed E-state index contributed by atoms with van der Waals surface area (Å²) < 4.78 is 10.7. The Morgan fingerprint density at radius 3 is 2.75 bits per heavy atom. The van der Waals surface area contributed by atoms with Crippen molar-refractivity contribution in [2.75, 3.05) is 48.9 Å². The van der Waals surface area contributed by atoms with Gasteiger partial charge in [0.15, 0.2) is 5.82 Å². The Hall–Kier alpha value is -3.39. The molecule has 0 unspecified atom stereocenters. The number of para-hydroxylation sites is 2. The molecule has 0 spiro atoms. The molecule has 1 fully saturated rings. The SMILES string of the molecule is COc1cccc(Nc2nncc(Nc3ccccc3N3CCOCC3)n2)c1. The van der Waals surface area contributed by atoms with E-state index in [1.165, 1.54) is 0 Å². The summed E-state index contributed by atoms with van der Waals surface area (Å²) in [6.07, 6.45) is 1.60. The number of aromatic nitrogens is 3. The van der Waals surface area contributed by atoms with Crippen LogP contribution in [-0.4, -0.2) is 48.6 Å². The van der Waals surface area contributed by atoms with E-state index in [0.717, 1.165) is 49.1 Å². The standard InChI is InChI=1S/C20H22N6O2/c1-27-16-6-4-5-15(13-16)22-20-24-19(14-21-25-20)23-17-7-2-3-8-18(17)26-9-11-28-12-10-26/h2-8,13-14H,9-12H2,1H3,(H2,22,23,24,25). The van der Waals surface area contributed by atoms with Gasteiger partial charge in [0.1, 0.15) is 5.75 Å². The highest BCUT2D eigenvalue weighted by Crippen LogP contribution is 2.29. The van der Waals surface area contributed by atoms with Gasteiger partial charge in [-0.25, -0.2) is 0 Å². The molecule has 0 bridgehead atoms. The number of anilines is 5. The highest BCUT2D eigenvalue weighted by Gasteiger charge is 2.15. The van der Waals surface area contributed by atoms with Crippen LogP contribution in [0.25, 0.3) is 0 Å². The number of hydrogen-bond donors (Lipinski definition) is 2.